The van der Waals surface area contributed by atoms with E-state index in [4.69, 9.17) is 9.47 Å². The van der Waals surface area contributed by atoms with Crippen LogP contribution in [0.2, 0.25) is 0 Å². The molecule has 0 aromatic rings. The molecule has 2 atom stereocenters. The van der Waals surface area contributed by atoms with E-state index in [2.05, 4.69) is 11.3 Å². The van der Waals surface area contributed by atoms with Crippen molar-refractivity contribution in [3.63, 3.8) is 0 Å². The summed E-state index contributed by atoms with van der Waals surface area (Å²) in [6.45, 7) is 8.27. The Bertz CT molecular complexity index is 384. The largest absolute Gasteiger partial charge is 0.460 e. The van der Waals surface area contributed by atoms with Crippen LogP contribution in [0.4, 0.5) is 0 Å². The molecule has 18 heavy (non-hydrogen) atoms. The summed E-state index contributed by atoms with van der Waals surface area (Å²) in [4.78, 5) is 34.5. The zero-order chi connectivity index (χ0) is 13.9. The van der Waals surface area contributed by atoms with Gasteiger partial charge < -0.3 is 14.2 Å². The quantitative estimate of drug-likeness (QED) is 0.306. The van der Waals surface area contributed by atoms with E-state index in [1.165, 1.54) is 6.08 Å². The fourth-order valence-electron chi connectivity index (χ4n) is 1.59. The van der Waals surface area contributed by atoms with Gasteiger partial charge in [0.1, 0.15) is 6.10 Å². The zero-order valence-corrected chi connectivity index (χ0v) is 10.6. The van der Waals surface area contributed by atoms with Crippen molar-refractivity contribution in [1.29, 1.82) is 0 Å². The second-order valence-corrected chi connectivity index (χ2v) is 4.17. The fourth-order valence-corrected chi connectivity index (χ4v) is 1.59. The predicted octanol–water partition coefficient (Wildman–Crippen LogP) is 0.394. The van der Waals surface area contributed by atoms with Crippen molar-refractivity contribution in [1.82, 2.24) is 0 Å². The molecule has 1 rings (SSSR count). The Kier molecular flexibility index (Phi) is 4.37. The SMILES string of the molecule is C=C[C@@H]1OC(C)(C)O[C@@H]1C(=O)C(=O)C(=O)OCC. The maximum Gasteiger partial charge on any atom is 0.382 e. The van der Waals surface area contributed by atoms with Crippen molar-refractivity contribution in [3.05, 3.63) is 12.7 Å². The van der Waals surface area contributed by atoms with Crippen LogP contribution in [0, 0.1) is 0 Å². The van der Waals surface area contributed by atoms with Gasteiger partial charge in [-0.1, -0.05) is 6.08 Å². The zero-order valence-electron chi connectivity index (χ0n) is 10.6. The number of rotatable bonds is 5. The molecule has 1 saturated heterocycles. The molecule has 0 aromatic carbocycles. The summed E-state index contributed by atoms with van der Waals surface area (Å²) in [6, 6.07) is 0. The van der Waals surface area contributed by atoms with Gasteiger partial charge in [-0.15, -0.1) is 6.58 Å². The van der Waals surface area contributed by atoms with Gasteiger partial charge in [0, 0.05) is 0 Å². The van der Waals surface area contributed by atoms with Gasteiger partial charge in [-0.25, -0.2) is 4.79 Å². The fraction of sp³-hybridized carbons (Fsp3) is 0.583. The number of esters is 1. The third-order valence-corrected chi connectivity index (χ3v) is 2.30. The third kappa shape index (κ3) is 3.02. The van der Waals surface area contributed by atoms with E-state index in [9.17, 15) is 14.4 Å². The van der Waals surface area contributed by atoms with Crippen LogP contribution in [-0.4, -0.2) is 42.1 Å². The van der Waals surface area contributed by atoms with Crippen LogP contribution in [0.5, 0.6) is 0 Å². The number of hydrogen-bond acceptors (Lipinski definition) is 6. The van der Waals surface area contributed by atoms with Gasteiger partial charge in [-0.05, 0) is 20.8 Å². The van der Waals surface area contributed by atoms with Crippen molar-refractivity contribution in [2.75, 3.05) is 6.61 Å². The van der Waals surface area contributed by atoms with Gasteiger partial charge in [0.05, 0.1) is 6.61 Å². The van der Waals surface area contributed by atoms with E-state index < -0.39 is 35.5 Å². The average Bonchev–Trinajstić information content (AvgIpc) is 2.63. The summed E-state index contributed by atoms with van der Waals surface area (Å²) in [5, 5.41) is 0. The highest BCUT2D eigenvalue weighted by atomic mass is 16.8. The lowest BCUT2D eigenvalue weighted by Gasteiger charge is -2.15. The molecule has 1 fully saturated rings. The van der Waals surface area contributed by atoms with Crippen LogP contribution < -0.4 is 0 Å². The Hall–Kier alpha value is -1.53. The lowest BCUT2D eigenvalue weighted by atomic mass is 10.1. The molecule has 6 heteroatoms. The molecule has 0 N–H and O–H groups in total. The summed E-state index contributed by atoms with van der Waals surface area (Å²) >= 11 is 0. The Morgan fingerprint density at radius 1 is 1.33 bits per heavy atom. The van der Waals surface area contributed by atoms with Gasteiger partial charge >= 0.3 is 11.8 Å². The molecule has 0 amide bonds. The van der Waals surface area contributed by atoms with E-state index in [1.54, 1.807) is 20.8 Å². The summed E-state index contributed by atoms with van der Waals surface area (Å²) in [6.07, 6.45) is -0.560. The van der Waals surface area contributed by atoms with Crippen LogP contribution in [-0.2, 0) is 28.6 Å². The first kappa shape index (κ1) is 14.5. The minimum atomic E-state index is -1.24. The van der Waals surface area contributed by atoms with Crippen molar-refractivity contribution in [2.45, 2.75) is 38.8 Å². The van der Waals surface area contributed by atoms with E-state index in [-0.39, 0.29) is 6.61 Å². The number of ether oxygens (including phenoxy) is 3. The number of Topliss-reactive ketones (excluding diaryl/α,β-unsaturated/α-hetero) is 2. The normalized spacial score (nSPS) is 25.5. The van der Waals surface area contributed by atoms with Gasteiger partial charge in [0.25, 0.3) is 0 Å². The second-order valence-electron chi connectivity index (χ2n) is 4.17. The van der Waals surface area contributed by atoms with Crippen molar-refractivity contribution < 1.29 is 28.6 Å². The van der Waals surface area contributed by atoms with Crippen LogP contribution in [0.15, 0.2) is 12.7 Å². The van der Waals surface area contributed by atoms with E-state index in [0.717, 1.165) is 0 Å². The minimum Gasteiger partial charge on any atom is -0.460 e. The maximum absolute atomic E-state index is 11.8. The molecular weight excluding hydrogens is 240 g/mol. The van der Waals surface area contributed by atoms with Gasteiger partial charge in [-0.2, -0.15) is 0 Å². The first-order chi connectivity index (χ1) is 8.32. The summed E-state index contributed by atoms with van der Waals surface area (Å²) in [7, 11) is 0. The standard InChI is InChI=1S/C12H16O6/c1-5-7-10(18-12(3,4)17-7)8(13)9(14)11(15)16-6-2/h5,7,10H,1,6H2,2-4H3/t7-,10-/m0/s1. The van der Waals surface area contributed by atoms with E-state index in [0.29, 0.717) is 0 Å². The van der Waals surface area contributed by atoms with Crippen molar-refractivity contribution in [3.8, 4) is 0 Å². The smallest absolute Gasteiger partial charge is 0.382 e. The summed E-state index contributed by atoms with van der Waals surface area (Å²) < 4.78 is 15.1. The summed E-state index contributed by atoms with van der Waals surface area (Å²) in [5.74, 6) is -4.41. The molecule has 0 radical (unpaired) electrons. The molecular formula is C12H16O6. The molecule has 1 aliphatic rings. The first-order valence-corrected chi connectivity index (χ1v) is 5.56. The molecule has 0 saturated carbocycles. The highest BCUT2D eigenvalue weighted by Gasteiger charge is 2.47. The van der Waals surface area contributed by atoms with Gasteiger partial charge in [0.15, 0.2) is 11.9 Å². The highest BCUT2D eigenvalue weighted by molar-refractivity contribution is 6.63. The molecule has 0 aliphatic carbocycles. The van der Waals surface area contributed by atoms with Gasteiger partial charge in [0.2, 0.25) is 5.78 Å². The Morgan fingerprint density at radius 3 is 2.44 bits per heavy atom. The minimum absolute atomic E-state index is 0.0241. The predicted molar refractivity (Wildman–Crippen MR) is 60.7 cm³/mol. The van der Waals surface area contributed by atoms with Crippen molar-refractivity contribution in [2.24, 2.45) is 0 Å². The Morgan fingerprint density at radius 2 is 1.94 bits per heavy atom. The summed E-state index contributed by atoms with van der Waals surface area (Å²) in [5.41, 5.74) is 0. The monoisotopic (exact) mass is 256 g/mol. The van der Waals surface area contributed by atoms with E-state index in [1.807, 2.05) is 0 Å². The number of hydrogen-bond donors (Lipinski definition) is 0. The molecule has 0 aromatic heterocycles. The molecule has 6 nitrogen and oxygen atoms in total. The molecule has 0 spiro atoms. The average molecular weight is 256 g/mol. The molecule has 100 valence electrons. The molecule has 0 unspecified atom stereocenters. The number of carbonyl (C=O) groups excluding carboxylic acids is 3. The van der Waals surface area contributed by atoms with Crippen LogP contribution in [0.25, 0.3) is 0 Å². The number of carbonyl (C=O) groups is 3. The topological polar surface area (TPSA) is 78.9 Å². The van der Waals surface area contributed by atoms with Crippen LogP contribution in [0.3, 0.4) is 0 Å². The lowest BCUT2D eigenvalue weighted by molar-refractivity contribution is -0.164. The number of ketones is 2. The van der Waals surface area contributed by atoms with Crippen molar-refractivity contribution >= 4 is 17.5 Å². The third-order valence-electron chi connectivity index (χ3n) is 2.30. The molecule has 1 heterocycles. The maximum atomic E-state index is 11.8. The molecule has 0 bridgehead atoms. The van der Waals surface area contributed by atoms with Gasteiger partial charge in [-0.3, -0.25) is 9.59 Å². The lowest BCUT2D eigenvalue weighted by Crippen LogP contribution is -2.39. The van der Waals surface area contributed by atoms with Crippen LogP contribution in [0.1, 0.15) is 20.8 Å². The second kappa shape index (κ2) is 5.41. The first-order valence-electron chi connectivity index (χ1n) is 5.56. The van der Waals surface area contributed by atoms with Crippen LogP contribution >= 0.6 is 0 Å². The Labute approximate surface area is 105 Å². The highest BCUT2D eigenvalue weighted by Crippen LogP contribution is 2.29. The van der Waals surface area contributed by atoms with E-state index >= 15 is 0 Å². The molecule has 1 aliphatic heterocycles. The Balaban J connectivity index is 2.80.